The number of benzene rings is 1. The molecular weight excluding hydrogens is 276 g/mol. The van der Waals surface area contributed by atoms with E-state index in [1.54, 1.807) is 0 Å². The summed E-state index contributed by atoms with van der Waals surface area (Å²) in [6.07, 6.45) is 1.06. The van der Waals surface area contributed by atoms with Gasteiger partial charge in [-0.25, -0.2) is 0 Å². The van der Waals surface area contributed by atoms with Crippen molar-refractivity contribution in [2.24, 2.45) is 0 Å². The van der Waals surface area contributed by atoms with Gasteiger partial charge < -0.3 is 0 Å². The first-order chi connectivity index (χ1) is 10.1. The van der Waals surface area contributed by atoms with Gasteiger partial charge in [0.15, 0.2) is 0 Å². The van der Waals surface area contributed by atoms with Crippen LogP contribution < -0.4 is 0 Å². The van der Waals surface area contributed by atoms with Crippen molar-refractivity contribution < 1.29 is 0 Å². The number of hydrogen-bond donors (Lipinski definition) is 1. The first kappa shape index (κ1) is 14.9. The first-order valence-corrected chi connectivity index (χ1v) is 8.54. The number of fused-ring (bicyclic) bond motifs is 2. The Bertz CT molecular complexity index is 664. The zero-order valence-electron chi connectivity index (χ0n) is 13.2. The minimum atomic E-state index is 0.547. The first-order valence-electron chi connectivity index (χ1n) is 7.91. The van der Waals surface area contributed by atoms with Gasteiger partial charge in [0.1, 0.15) is 0 Å². The number of hydrogen-bond acceptors (Lipinski definition) is 3. The van der Waals surface area contributed by atoms with E-state index in [1.807, 2.05) is 0 Å². The fourth-order valence-corrected chi connectivity index (χ4v) is 3.57. The topological polar surface area (TPSA) is 16.1 Å². The van der Waals surface area contributed by atoms with Crippen LogP contribution in [0.4, 0.5) is 0 Å². The Labute approximate surface area is 133 Å². The summed E-state index contributed by atoms with van der Waals surface area (Å²) in [5, 5.41) is 1.30. The second-order valence-electron chi connectivity index (χ2n) is 6.22. The number of thiol groups is 1. The van der Waals surface area contributed by atoms with E-state index in [0.717, 1.165) is 37.3 Å². The molecule has 1 aliphatic heterocycles. The van der Waals surface area contributed by atoms with Crippen LogP contribution in [0.5, 0.6) is 0 Å². The maximum absolute atomic E-state index is 4.93. The molecule has 2 aromatic rings. The van der Waals surface area contributed by atoms with Gasteiger partial charge in [-0.05, 0) is 41.3 Å². The van der Waals surface area contributed by atoms with Gasteiger partial charge in [-0.2, -0.15) is 12.6 Å². The quantitative estimate of drug-likeness (QED) is 0.857. The lowest BCUT2D eigenvalue weighted by Crippen LogP contribution is -2.31. The Hall–Kier alpha value is -1.06. The Morgan fingerprint density at radius 2 is 2.14 bits per heavy atom. The van der Waals surface area contributed by atoms with Crippen LogP contribution in [0.15, 0.2) is 18.2 Å². The molecule has 0 atom stereocenters. The molecule has 2 nitrogen and oxygen atoms in total. The van der Waals surface area contributed by atoms with E-state index < -0.39 is 0 Å². The monoisotopic (exact) mass is 300 g/mol. The van der Waals surface area contributed by atoms with Crippen LogP contribution >= 0.6 is 12.6 Å². The molecule has 2 heterocycles. The molecule has 3 rings (SSSR count). The van der Waals surface area contributed by atoms with Crippen molar-refractivity contribution in [1.82, 2.24) is 9.88 Å². The highest BCUT2D eigenvalue weighted by molar-refractivity contribution is 7.79. The van der Waals surface area contributed by atoms with Crippen LogP contribution in [0.1, 0.15) is 49.1 Å². The van der Waals surface area contributed by atoms with Gasteiger partial charge in [0, 0.05) is 36.3 Å². The summed E-state index contributed by atoms with van der Waals surface area (Å²) in [4.78, 5) is 7.43. The maximum atomic E-state index is 4.93. The van der Waals surface area contributed by atoms with Crippen molar-refractivity contribution in [3.05, 3.63) is 40.6 Å². The van der Waals surface area contributed by atoms with Crippen LogP contribution in [0.3, 0.4) is 0 Å². The summed E-state index contributed by atoms with van der Waals surface area (Å²) in [7, 11) is 0. The fraction of sp³-hybridized carbons (Fsp3) is 0.500. The van der Waals surface area contributed by atoms with E-state index in [4.69, 9.17) is 4.98 Å². The molecule has 3 heteroatoms. The molecular formula is C18H24N2S. The summed E-state index contributed by atoms with van der Waals surface area (Å²) >= 11 is 4.62. The number of nitrogens with zero attached hydrogens (tertiary/aromatic N) is 2. The third-order valence-electron chi connectivity index (χ3n) is 4.63. The number of rotatable bonds is 3. The molecule has 0 saturated carbocycles. The predicted molar refractivity (Wildman–Crippen MR) is 93.2 cm³/mol. The van der Waals surface area contributed by atoms with Crippen LogP contribution in [0, 0.1) is 0 Å². The van der Waals surface area contributed by atoms with Gasteiger partial charge in [0.2, 0.25) is 0 Å². The summed E-state index contributed by atoms with van der Waals surface area (Å²) in [6, 6.07) is 6.73. The third kappa shape index (κ3) is 2.69. The maximum Gasteiger partial charge on any atom is 0.0708 e. The summed E-state index contributed by atoms with van der Waals surface area (Å²) in [5.41, 5.74) is 6.61. The van der Waals surface area contributed by atoms with Crippen molar-refractivity contribution in [3.8, 4) is 0 Å². The predicted octanol–water partition coefficient (Wildman–Crippen LogP) is 4.17. The van der Waals surface area contributed by atoms with Gasteiger partial charge in [-0.15, -0.1) is 0 Å². The zero-order valence-corrected chi connectivity index (χ0v) is 14.1. The van der Waals surface area contributed by atoms with Gasteiger partial charge in [-0.1, -0.05) is 26.8 Å². The summed E-state index contributed by atoms with van der Waals surface area (Å²) in [6.45, 7) is 9.97. The number of likely N-dealkylation sites (N-methyl/N-ethyl adjacent to an activating group) is 1. The fourth-order valence-electron chi connectivity index (χ4n) is 3.21. The van der Waals surface area contributed by atoms with E-state index in [2.05, 4.69) is 56.5 Å². The van der Waals surface area contributed by atoms with Gasteiger partial charge in [0.25, 0.3) is 0 Å². The molecule has 1 aromatic heterocycles. The molecule has 21 heavy (non-hydrogen) atoms. The Morgan fingerprint density at radius 3 is 2.81 bits per heavy atom. The SMILES string of the molecule is CCN1CCc2nc3ccc(C(C)C)cc3c(CS)c2C1. The van der Waals surface area contributed by atoms with Crippen molar-refractivity contribution in [2.75, 3.05) is 13.1 Å². The molecule has 0 unspecified atom stereocenters. The van der Waals surface area contributed by atoms with Crippen LogP contribution in [0.2, 0.25) is 0 Å². The molecule has 0 aliphatic carbocycles. The number of pyridine rings is 1. The summed E-state index contributed by atoms with van der Waals surface area (Å²) in [5.74, 6) is 1.34. The largest absolute Gasteiger partial charge is 0.299 e. The van der Waals surface area contributed by atoms with E-state index in [9.17, 15) is 0 Å². The smallest absolute Gasteiger partial charge is 0.0708 e. The second kappa shape index (κ2) is 5.98. The molecule has 1 aromatic carbocycles. The van der Waals surface area contributed by atoms with Crippen molar-refractivity contribution >= 4 is 23.5 Å². The molecule has 0 saturated heterocycles. The molecule has 112 valence electrons. The molecule has 0 spiro atoms. The van der Waals surface area contributed by atoms with E-state index >= 15 is 0 Å². The molecule has 0 bridgehead atoms. The Kier molecular flexibility index (Phi) is 4.23. The third-order valence-corrected chi connectivity index (χ3v) is 4.95. The van der Waals surface area contributed by atoms with Crippen LogP contribution in [-0.2, 0) is 18.7 Å². The molecule has 0 amide bonds. The molecule has 0 radical (unpaired) electrons. The number of aromatic nitrogens is 1. The summed E-state index contributed by atoms with van der Waals surface area (Å²) < 4.78 is 0. The van der Waals surface area contributed by atoms with Gasteiger partial charge in [0.05, 0.1) is 5.52 Å². The molecule has 0 N–H and O–H groups in total. The van der Waals surface area contributed by atoms with Gasteiger partial charge >= 0.3 is 0 Å². The van der Waals surface area contributed by atoms with E-state index in [0.29, 0.717) is 5.92 Å². The van der Waals surface area contributed by atoms with Crippen LogP contribution in [-0.4, -0.2) is 23.0 Å². The average Bonchev–Trinajstić information content (AvgIpc) is 2.51. The second-order valence-corrected chi connectivity index (χ2v) is 6.54. The van der Waals surface area contributed by atoms with Crippen molar-refractivity contribution in [1.29, 1.82) is 0 Å². The zero-order chi connectivity index (χ0) is 15.0. The lowest BCUT2D eigenvalue weighted by Gasteiger charge is -2.29. The Balaban J connectivity index is 2.20. The van der Waals surface area contributed by atoms with Crippen molar-refractivity contribution in [3.63, 3.8) is 0 Å². The normalized spacial score (nSPS) is 15.7. The minimum absolute atomic E-state index is 0.547. The highest BCUT2D eigenvalue weighted by atomic mass is 32.1. The van der Waals surface area contributed by atoms with E-state index in [-0.39, 0.29) is 0 Å². The molecule has 0 fully saturated rings. The molecule has 1 aliphatic rings. The highest BCUT2D eigenvalue weighted by Gasteiger charge is 2.21. The Morgan fingerprint density at radius 1 is 1.33 bits per heavy atom. The lowest BCUT2D eigenvalue weighted by molar-refractivity contribution is 0.265. The van der Waals surface area contributed by atoms with Crippen LogP contribution in [0.25, 0.3) is 10.9 Å². The van der Waals surface area contributed by atoms with Crippen molar-refractivity contribution in [2.45, 2.75) is 45.4 Å². The minimum Gasteiger partial charge on any atom is -0.299 e. The highest BCUT2D eigenvalue weighted by Crippen LogP contribution is 2.31. The average molecular weight is 300 g/mol. The lowest BCUT2D eigenvalue weighted by atomic mass is 9.94. The van der Waals surface area contributed by atoms with Gasteiger partial charge in [-0.3, -0.25) is 9.88 Å². The van der Waals surface area contributed by atoms with E-state index in [1.165, 1.54) is 27.8 Å². The standard InChI is InChI=1S/C18H24N2S/c1-4-20-8-7-18-15(10-20)16(11-21)14-9-13(12(2)3)5-6-17(14)19-18/h5-6,9,12,21H,4,7-8,10-11H2,1-3H3.